The van der Waals surface area contributed by atoms with Crippen LogP contribution in [0.5, 0.6) is 17.2 Å². The lowest BCUT2D eigenvalue weighted by Gasteiger charge is -2.24. The van der Waals surface area contributed by atoms with Crippen molar-refractivity contribution in [2.75, 3.05) is 42.0 Å². The van der Waals surface area contributed by atoms with Crippen LogP contribution in [-0.2, 0) is 11.3 Å². The molecule has 0 heterocycles. The van der Waals surface area contributed by atoms with Crippen LogP contribution in [0.2, 0.25) is 0 Å². The molecule has 0 spiro atoms. The van der Waals surface area contributed by atoms with E-state index in [2.05, 4.69) is 15.6 Å². The van der Waals surface area contributed by atoms with Crippen LogP contribution < -0.4 is 24.8 Å². The van der Waals surface area contributed by atoms with Crippen LogP contribution >= 0.6 is 24.0 Å². The molecule has 0 unspecified atom stereocenters. The van der Waals surface area contributed by atoms with Gasteiger partial charge in [-0.05, 0) is 19.9 Å². The van der Waals surface area contributed by atoms with Gasteiger partial charge in [-0.25, -0.2) is 0 Å². The van der Waals surface area contributed by atoms with E-state index in [1.807, 2.05) is 19.9 Å². The summed E-state index contributed by atoms with van der Waals surface area (Å²) in [5.41, 5.74) is 0.655. The summed E-state index contributed by atoms with van der Waals surface area (Å²) in [6.45, 7) is 5.16. The number of nitrogens with one attached hydrogen (secondary N) is 2. The summed E-state index contributed by atoms with van der Waals surface area (Å²) in [7, 11) is 8.24. The maximum atomic E-state index is 5.43. The van der Waals surface area contributed by atoms with Crippen molar-refractivity contribution in [1.82, 2.24) is 10.6 Å². The Balaban J connectivity index is 0.00000576. The number of hydrogen-bond acceptors (Lipinski definition) is 5. The summed E-state index contributed by atoms with van der Waals surface area (Å²) >= 11 is 0. The number of nitrogens with zero attached hydrogens (tertiary/aromatic N) is 1. The lowest BCUT2D eigenvalue weighted by Crippen LogP contribution is -2.45. The molecule has 0 amide bonds. The Hall–Kier alpha value is -1.42. The molecule has 144 valence electrons. The molecule has 0 saturated heterocycles. The first-order chi connectivity index (χ1) is 11.4. The third-order valence-corrected chi connectivity index (χ3v) is 3.69. The summed E-state index contributed by atoms with van der Waals surface area (Å²) in [5.74, 6) is 2.67. The van der Waals surface area contributed by atoms with Crippen LogP contribution in [0, 0.1) is 0 Å². The molecule has 0 radical (unpaired) electrons. The molecule has 25 heavy (non-hydrogen) atoms. The van der Waals surface area contributed by atoms with Gasteiger partial charge in [0.15, 0.2) is 17.5 Å². The van der Waals surface area contributed by atoms with Crippen LogP contribution in [0.15, 0.2) is 17.1 Å². The maximum absolute atomic E-state index is 5.43. The fourth-order valence-corrected chi connectivity index (χ4v) is 2.00. The Labute approximate surface area is 167 Å². The van der Waals surface area contributed by atoms with E-state index in [4.69, 9.17) is 18.9 Å². The minimum absolute atomic E-state index is 0. The average Bonchev–Trinajstić information content (AvgIpc) is 2.60. The lowest BCUT2D eigenvalue weighted by atomic mass is 10.1. The van der Waals surface area contributed by atoms with Gasteiger partial charge in [0.05, 0.1) is 26.9 Å². The van der Waals surface area contributed by atoms with Crippen molar-refractivity contribution < 1.29 is 18.9 Å². The molecule has 7 nitrogen and oxygen atoms in total. The van der Waals surface area contributed by atoms with Crippen LogP contribution in [0.25, 0.3) is 0 Å². The quantitative estimate of drug-likeness (QED) is 0.348. The van der Waals surface area contributed by atoms with Gasteiger partial charge < -0.3 is 29.6 Å². The smallest absolute Gasteiger partial charge is 0.191 e. The second-order valence-corrected chi connectivity index (χ2v) is 5.76. The van der Waals surface area contributed by atoms with E-state index in [0.29, 0.717) is 36.3 Å². The Morgan fingerprint density at radius 1 is 0.960 bits per heavy atom. The topological polar surface area (TPSA) is 73.3 Å². The highest BCUT2D eigenvalue weighted by atomic mass is 127. The van der Waals surface area contributed by atoms with Crippen molar-refractivity contribution >= 4 is 29.9 Å². The molecule has 8 heteroatoms. The molecule has 0 aliphatic carbocycles. The second kappa shape index (κ2) is 11.2. The van der Waals surface area contributed by atoms with Crippen LogP contribution in [0.1, 0.15) is 19.4 Å². The third kappa shape index (κ3) is 7.15. The summed E-state index contributed by atoms with van der Waals surface area (Å²) in [4.78, 5) is 4.21. The number of benzene rings is 1. The molecule has 0 bridgehead atoms. The fourth-order valence-electron chi connectivity index (χ4n) is 2.00. The van der Waals surface area contributed by atoms with Crippen molar-refractivity contribution in [3.63, 3.8) is 0 Å². The normalized spacial score (nSPS) is 11.4. The first-order valence-electron chi connectivity index (χ1n) is 7.69. The monoisotopic (exact) mass is 467 g/mol. The predicted octanol–water partition coefficient (Wildman–Crippen LogP) is 2.42. The van der Waals surface area contributed by atoms with Crippen molar-refractivity contribution in [2.45, 2.75) is 26.0 Å². The number of aliphatic imine (C=N–C) groups is 1. The van der Waals surface area contributed by atoms with Crippen LogP contribution in [0.4, 0.5) is 0 Å². The molecule has 0 aliphatic rings. The molecule has 0 saturated carbocycles. The number of ether oxygens (including phenoxy) is 4. The molecule has 0 atom stereocenters. The van der Waals surface area contributed by atoms with E-state index in [9.17, 15) is 0 Å². The molecule has 1 aromatic carbocycles. The SMILES string of the molecule is CN=C(NCc1cc(OC)c(OC)cc1OC)NCC(C)(C)OC.I. The van der Waals surface area contributed by atoms with E-state index in [1.54, 1.807) is 41.6 Å². The van der Waals surface area contributed by atoms with Gasteiger partial charge in [0, 0.05) is 38.9 Å². The van der Waals surface area contributed by atoms with E-state index in [1.165, 1.54) is 0 Å². The number of rotatable bonds is 8. The minimum Gasteiger partial charge on any atom is -0.496 e. The van der Waals surface area contributed by atoms with Gasteiger partial charge in [0.1, 0.15) is 5.75 Å². The zero-order valence-corrected chi connectivity index (χ0v) is 18.4. The molecule has 1 rings (SSSR count). The summed E-state index contributed by atoms with van der Waals surface area (Å²) < 4.78 is 21.5. The average molecular weight is 467 g/mol. The van der Waals surface area contributed by atoms with E-state index in [-0.39, 0.29) is 29.6 Å². The number of methoxy groups -OCH3 is 4. The lowest BCUT2D eigenvalue weighted by molar-refractivity contribution is 0.0268. The molecule has 1 aromatic rings. The van der Waals surface area contributed by atoms with E-state index >= 15 is 0 Å². The van der Waals surface area contributed by atoms with Gasteiger partial charge in [-0.3, -0.25) is 4.99 Å². The summed E-state index contributed by atoms with van der Waals surface area (Å²) in [6.07, 6.45) is 0. The molecule has 0 fully saturated rings. The molecule has 0 aliphatic heterocycles. The zero-order valence-electron chi connectivity index (χ0n) is 16.1. The van der Waals surface area contributed by atoms with Crippen molar-refractivity contribution in [3.05, 3.63) is 17.7 Å². The molecular weight excluding hydrogens is 437 g/mol. The molecule has 0 aromatic heterocycles. The first-order valence-corrected chi connectivity index (χ1v) is 7.69. The summed E-state index contributed by atoms with van der Waals surface area (Å²) in [6, 6.07) is 3.69. The van der Waals surface area contributed by atoms with E-state index in [0.717, 1.165) is 5.56 Å². The van der Waals surface area contributed by atoms with Crippen LogP contribution in [-0.4, -0.2) is 53.6 Å². The first kappa shape index (κ1) is 23.6. The van der Waals surface area contributed by atoms with Crippen molar-refractivity contribution in [2.24, 2.45) is 4.99 Å². The Bertz CT molecular complexity index is 565. The fraction of sp³-hybridized carbons (Fsp3) is 0.588. The standard InChI is InChI=1S/C17H29N3O4.HI/c1-17(2,24-7)11-20-16(18-3)19-10-12-8-14(22-5)15(23-6)9-13(12)21-4;/h8-9H,10-11H2,1-7H3,(H2,18,19,20);1H. The second-order valence-electron chi connectivity index (χ2n) is 5.76. The molecule has 2 N–H and O–H groups in total. The Morgan fingerprint density at radius 2 is 1.52 bits per heavy atom. The number of hydrogen-bond donors (Lipinski definition) is 2. The van der Waals surface area contributed by atoms with Crippen LogP contribution in [0.3, 0.4) is 0 Å². The highest BCUT2D eigenvalue weighted by Gasteiger charge is 2.17. The van der Waals surface area contributed by atoms with Gasteiger partial charge in [-0.1, -0.05) is 0 Å². The maximum Gasteiger partial charge on any atom is 0.191 e. The number of guanidine groups is 1. The van der Waals surface area contributed by atoms with Crippen molar-refractivity contribution in [1.29, 1.82) is 0 Å². The van der Waals surface area contributed by atoms with Gasteiger partial charge in [0.2, 0.25) is 0 Å². The predicted molar refractivity (Wildman–Crippen MR) is 111 cm³/mol. The van der Waals surface area contributed by atoms with Crippen molar-refractivity contribution in [3.8, 4) is 17.2 Å². The van der Waals surface area contributed by atoms with E-state index < -0.39 is 0 Å². The minimum atomic E-state index is -0.279. The molecular formula is C17H30IN3O4. The Kier molecular flexibility index (Phi) is 10.6. The zero-order chi connectivity index (χ0) is 18.2. The summed E-state index contributed by atoms with van der Waals surface area (Å²) in [5, 5.41) is 6.49. The highest BCUT2D eigenvalue weighted by Crippen LogP contribution is 2.34. The van der Waals surface area contributed by atoms with Gasteiger partial charge in [-0.2, -0.15) is 0 Å². The van der Waals surface area contributed by atoms with Gasteiger partial charge in [-0.15, -0.1) is 24.0 Å². The highest BCUT2D eigenvalue weighted by molar-refractivity contribution is 14.0. The number of halogens is 1. The Morgan fingerprint density at radius 3 is 2.00 bits per heavy atom. The van der Waals surface area contributed by atoms with Gasteiger partial charge >= 0.3 is 0 Å². The largest absolute Gasteiger partial charge is 0.496 e. The van der Waals surface area contributed by atoms with Gasteiger partial charge in [0.25, 0.3) is 0 Å². The third-order valence-electron chi connectivity index (χ3n) is 3.69.